The molecule has 0 aliphatic rings. The van der Waals surface area contributed by atoms with E-state index in [1.54, 1.807) is 11.9 Å². The normalized spacial score (nSPS) is 12.3. The lowest BCUT2D eigenvalue weighted by atomic mass is 10.2. The van der Waals surface area contributed by atoms with Gasteiger partial charge >= 0.3 is 0 Å². The Bertz CT molecular complexity index is 352. The summed E-state index contributed by atoms with van der Waals surface area (Å²) in [6, 6.07) is 7.51. The Morgan fingerprint density at radius 1 is 1.60 bits per heavy atom. The zero-order valence-corrected chi connectivity index (χ0v) is 10.5. The molecule has 0 fully saturated rings. The maximum atomic E-state index is 11.7. The molecule has 82 valence electrons. The van der Waals surface area contributed by atoms with E-state index in [2.05, 4.69) is 15.9 Å². The highest BCUT2D eigenvalue weighted by atomic mass is 79.9. The number of anilines is 1. The predicted octanol–water partition coefficient (Wildman–Crippen LogP) is 2.15. The van der Waals surface area contributed by atoms with Gasteiger partial charge in [-0.1, -0.05) is 22.0 Å². The van der Waals surface area contributed by atoms with Crippen LogP contribution < -0.4 is 10.6 Å². The quantitative estimate of drug-likeness (QED) is 0.915. The molecule has 3 nitrogen and oxygen atoms in total. The minimum atomic E-state index is -0.105. The van der Waals surface area contributed by atoms with Crippen molar-refractivity contribution in [3.05, 3.63) is 28.7 Å². The van der Waals surface area contributed by atoms with Crippen LogP contribution in [0.1, 0.15) is 13.3 Å². The van der Waals surface area contributed by atoms with Crippen LogP contribution in [0.2, 0.25) is 0 Å². The van der Waals surface area contributed by atoms with Gasteiger partial charge in [0.15, 0.2) is 0 Å². The van der Waals surface area contributed by atoms with Crippen LogP contribution in [0.25, 0.3) is 0 Å². The first-order chi connectivity index (χ1) is 7.00. The zero-order chi connectivity index (χ0) is 11.4. The lowest BCUT2D eigenvalue weighted by Gasteiger charge is -2.18. The van der Waals surface area contributed by atoms with Crippen molar-refractivity contribution < 1.29 is 4.79 Å². The van der Waals surface area contributed by atoms with Crippen LogP contribution >= 0.6 is 15.9 Å². The molecule has 0 saturated heterocycles. The highest BCUT2D eigenvalue weighted by Crippen LogP contribution is 2.19. The Kier molecular flexibility index (Phi) is 4.29. The molecule has 0 saturated carbocycles. The summed E-state index contributed by atoms with van der Waals surface area (Å²) in [5.74, 6) is 0.0306. The third kappa shape index (κ3) is 3.64. The van der Waals surface area contributed by atoms with E-state index in [1.807, 2.05) is 31.2 Å². The number of carbonyl (C=O) groups is 1. The van der Waals surface area contributed by atoms with Crippen molar-refractivity contribution in [3.8, 4) is 0 Å². The summed E-state index contributed by atoms with van der Waals surface area (Å²) < 4.78 is 0.959. The van der Waals surface area contributed by atoms with E-state index in [0.717, 1.165) is 10.2 Å². The molecule has 2 N–H and O–H groups in total. The second-order valence-corrected chi connectivity index (χ2v) is 4.53. The van der Waals surface area contributed by atoms with Gasteiger partial charge in [0, 0.05) is 29.7 Å². The Labute approximate surface area is 98.4 Å². The van der Waals surface area contributed by atoms with Crippen molar-refractivity contribution in [1.29, 1.82) is 0 Å². The fourth-order valence-electron chi connectivity index (χ4n) is 1.24. The number of hydrogen-bond acceptors (Lipinski definition) is 2. The minimum Gasteiger partial charge on any atom is -0.327 e. The van der Waals surface area contributed by atoms with Crippen molar-refractivity contribution in [2.75, 3.05) is 11.9 Å². The first kappa shape index (κ1) is 12.2. The second kappa shape index (κ2) is 5.28. The number of carbonyl (C=O) groups excluding carboxylic acids is 1. The third-order valence-corrected chi connectivity index (χ3v) is 2.56. The third-order valence-electron chi connectivity index (χ3n) is 2.07. The van der Waals surface area contributed by atoms with Crippen LogP contribution in [0, 0.1) is 0 Å². The first-order valence-corrected chi connectivity index (χ1v) is 5.57. The summed E-state index contributed by atoms with van der Waals surface area (Å²) in [6.45, 7) is 1.83. The van der Waals surface area contributed by atoms with Crippen molar-refractivity contribution in [1.82, 2.24) is 0 Å². The van der Waals surface area contributed by atoms with Gasteiger partial charge in [-0.2, -0.15) is 0 Å². The van der Waals surface area contributed by atoms with Crippen molar-refractivity contribution >= 4 is 27.5 Å². The number of nitrogens with two attached hydrogens (primary N) is 1. The fraction of sp³-hybridized carbons (Fsp3) is 0.364. The Morgan fingerprint density at radius 3 is 2.80 bits per heavy atom. The van der Waals surface area contributed by atoms with Crippen LogP contribution in [0.3, 0.4) is 0 Å². The van der Waals surface area contributed by atoms with E-state index in [9.17, 15) is 4.79 Å². The molecular formula is C11H15BrN2O. The van der Waals surface area contributed by atoms with E-state index in [4.69, 9.17) is 5.73 Å². The van der Waals surface area contributed by atoms with Gasteiger partial charge in [0.1, 0.15) is 0 Å². The lowest BCUT2D eigenvalue weighted by Crippen LogP contribution is -2.31. The van der Waals surface area contributed by atoms with Gasteiger partial charge in [0.2, 0.25) is 5.91 Å². The summed E-state index contributed by atoms with van der Waals surface area (Å²) >= 11 is 3.37. The van der Waals surface area contributed by atoms with Gasteiger partial charge in [-0.25, -0.2) is 0 Å². The molecule has 4 heteroatoms. The van der Waals surface area contributed by atoms with Crippen LogP contribution in [0.5, 0.6) is 0 Å². The monoisotopic (exact) mass is 270 g/mol. The predicted molar refractivity (Wildman–Crippen MR) is 65.8 cm³/mol. The molecule has 1 aromatic rings. The van der Waals surface area contributed by atoms with E-state index in [0.29, 0.717) is 6.42 Å². The summed E-state index contributed by atoms with van der Waals surface area (Å²) in [6.07, 6.45) is 0.364. The molecule has 0 spiro atoms. The maximum Gasteiger partial charge on any atom is 0.228 e. The number of benzene rings is 1. The number of hydrogen-bond donors (Lipinski definition) is 1. The average Bonchev–Trinajstić information content (AvgIpc) is 2.15. The molecule has 0 bridgehead atoms. The molecule has 15 heavy (non-hydrogen) atoms. The highest BCUT2D eigenvalue weighted by molar-refractivity contribution is 9.10. The average molecular weight is 271 g/mol. The van der Waals surface area contributed by atoms with Gasteiger partial charge in [-0.3, -0.25) is 4.79 Å². The molecule has 1 unspecified atom stereocenters. The molecule has 1 atom stereocenters. The molecule has 0 aliphatic heterocycles. The zero-order valence-electron chi connectivity index (χ0n) is 8.90. The van der Waals surface area contributed by atoms with Crippen LogP contribution in [-0.2, 0) is 4.79 Å². The molecule has 1 aromatic carbocycles. The second-order valence-electron chi connectivity index (χ2n) is 3.61. The van der Waals surface area contributed by atoms with Gasteiger partial charge in [0.25, 0.3) is 0 Å². The Balaban J connectivity index is 2.76. The SMILES string of the molecule is CC(N)CC(=O)N(C)c1cccc(Br)c1. The maximum absolute atomic E-state index is 11.7. The number of nitrogens with zero attached hydrogens (tertiary/aromatic N) is 1. The highest BCUT2D eigenvalue weighted by Gasteiger charge is 2.12. The molecule has 1 amide bonds. The molecule has 1 rings (SSSR count). The lowest BCUT2D eigenvalue weighted by molar-refractivity contribution is -0.118. The van der Waals surface area contributed by atoms with Crippen molar-refractivity contribution in [2.24, 2.45) is 5.73 Å². The summed E-state index contributed by atoms with van der Waals surface area (Å²) in [5.41, 5.74) is 6.45. The fourth-order valence-corrected chi connectivity index (χ4v) is 1.63. The Morgan fingerprint density at radius 2 is 2.27 bits per heavy atom. The van der Waals surface area contributed by atoms with Gasteiger partial charge in [0.05, 0.1) is 0 Å². The van der Waals surface area contributed by atoms with Crippen LogP contribution in [-0.4, -0.2) is 19.0 Å². The number of amides is 1. The van der Waals surface area contributed by atoms with E-state index in [-0.39, 0.29) is 11.9 Å². The molecular weight excluding hydrogens is 256 g/mol. The molecule has 0 heterocycles. The van der Waals surface area contributed by atoms with Crippen LogP contribution in [0.4, 0.5) is 5.69 Å². The number of rotatable bonds is 3. The van der Waals surface area contributed by atoms with Gasteiger partial charge in [-0.05, 0) is 25.1 Å². The summed E-state index contributed by atoms with van der Waals surface area (Å²) in [5, 5.41) is 0. The Hall–Kier alpha value is -0.870. The minimum absolute atomic E-state index is 0.0306. The van der Waals surface area contributed by atoms with Crippen molar-refractivity contribution in [2.45, 2.75) is 19.4 Å². The molecule has 0 aliphatic carbocycles. The van der Waals surface area contributed by atoms with Crippen LogP contribution in [0.15, 0.2) is 28.7 Å². The largest absolute Gasteiger partial charge is 0.327 e. The van der Waals surface area contributed by atoms with E-state index in [1.165, 1.54) is 0 Å². The van der Waals surface area contributed by atoms with E-state index >= 15 is 0 Å². The molecule has 0 aromatic heterocycles. The van der Waals surface area contributed by atoms with Gasteiger partial charge in [-0.15, -0.1) is 0 Å². The van der Waals surface area contributed by atoms with E-state index < -0.39 is 0 Å². The number of halogens is 1. The smallest absolute Gasteiger partial charge is 0.228 e. The standard InChI is InChI=1S/C11H15BrN2O/c1-8(13)6-11(15)14(2)10-5-3-4-9(12)7-10/h3-5,7-8H,6,13H2,1-2H3. The summed E-state index contributed by atoms with van der Waals surface area (Å²) in [7, 11) is 1.76. The molecule has 0 radical (unpaired) electrons. The summed E-state index contributed by atoms with van der Waals surface area (Å²) in [4.78, 5) is 13.3. The topological polar surface area (TPSA) is 46.3 Å². The van der Waals surface area contributed by atoms with Gasteiger partial charge < -0.3 is 10.6 Å². The van der Waals surface area contributed by atoms with Crippen molar-refractivity contribution in [3.63, 3.8) is 0 Å². The first-order valence-electron chi connectivity index (χ1n) is 4.78.